The second kappa shape index (κ2) is 12.5. The molecule has 1 rings (SSSR count). The van der Waals surface area contributed by atoms with Gasteiger partial charge >= 0.3 is 0 Å². The smallest absolute Gasteiger partial charge is 0.0187 e. The first-order chi connectivity index (χ1) is 8.24. The molecule has 0 amide bonds. The molecule has 1 aromatic rings. The van der Waals surface area contributed by atoms with Crippen LogP contribution in [0.2, 0.25) is 0 Å². The van der Waals surface area contributed by atoms with E-state index in [0.717, 1.165) is 11.1 Å². The zero-order valence-corrected chi connectivity index (χ0v) is 12.0. The summed E-state index contributed by atoms with van der Waals surface area (Å²) in [5.41, 5.74) is 3.44. The van der Waals surface area contributed by atoms with Crippen LogP contribution in [0.5, 0.6) is 0 Å². The molecule has 0 aliphatic heterocycles. The van der Waals surface area contributed by atoms with Crippen molar-refractivity contribution >= 4 is 5.57 Å². The van der Waals surface area contributed by atoms with Crippen molar-refractivity contribution in [3.63, 3.8) is 0 Å². The van der Waals surface area contributed by atoms with Gasteiger partial charge in [-0.25, -0.2) is 0 Å². The third-order valence-corrected chi connectivity index (χ3v) is 1.82. The van der Waals surface area contributed by atoms with Crippen molar-refractivity contribution < 1.29 is 0 Å². The molecule has 0 aliphatic carbocycles. The maximum Gasteiger partial charge on any atom is -0.0187 e. The molecule has 0 heterocycles. The van der Waals surface area contributed by atoms with Crippen molar-refractivity contribution in [2.75, 3.05) is 0 Å². The molecule has 1 aromatic carbocycles. The van der Waals surface area contributed by atoms with Gasteiger partial charge in [-0.2, -0.15) is 0 Å². The zero-order chi connectivity index (χ0) is 13.7. The molecule has 0 aliphatic rings. The largest absolute Gasteiger partial charge is 0.0991 e. The molecule has 0 saturated carbocycles. The van der Waals surface area contributed by atoms with Crippen LogP contribution in [0, 0.1) is 6.92 Å². The molecule has 0 N–H and O–H groups in total. The average Bonchev–Trinajstić information content (AvgIpc) is 2.40. The van der Waals surface area contributed by atoms with Crippen molar-refractivity contribution in [2.24, 2.45) is 0 Å². The van der Waals surface area contributed by atoms with E-state index >= 15 is 0 Å². The van der Waals surface area contributed by atoms with E-state index < -0.39 is 0 Å². The predicted molar refractivity (Wildman–Crippen MR) is 82.2 cm³/mol. The van der Waals surface area contributed by atoms with Gasteiger partial charge < -0.3 is 0 Å². The summed E-state index contributed by atoms with van der Waals surface area (Å²) in [5.74, 6) is 0. The molecule has 0 bridgehead atoms. The molecule has 0 nitrogen and oxygen atoms in total. The summed E-state index contributed by atoms with van der Waals surface area (Å²) < 4.78 is 0. The highest BCUT2D eigenvalue weighted by atomic mass is 14.0. The minimum Gasteiger partial charge on any atom is -0.0991 e. The van der Waals surface area contributed by atoms with Crippen molar-refractivity contribution in [2.45, 2.75) is 34.6 Å². The van der Waals surface area contributed by atoms with Gasteiger partial charge in [0.1, 0.15) is 0 Å². The molecule has 17 heavy (non-hydrogen) atoms. The van der Waals surface area contributed by atoms with Crippen molar-refractivity contribution in [1.29, 1.82) is 0 Å². The summed E-state index contributed by atoms with van der Waals surface area (Å²) in [7, 11) is 0. The Balaban J connectivity index is 0. The van der Waals surface area contributed by atoms with E-state index in [1.807, 2.05) is 45.9 Å². The summed E-state index contributed by atoms with van der Waals surface area (Å²) in [6, 6.07) is 8.30. The van der Waals surface area contributed by atoms with Gasteiger partial charge in [0.15, 0.2) is 0 Å². The van der Waals surface area contributed by atoms with Crippen LogP contribution in [0.4, 0.5) is 0 Å². The number of hydrogen-bond donors (Lipinski definition) is 0. The Bertz CT molecular complexity index is 343. The first kappa shape index (κ1) is 17.8. The van der Waals surface area contributed by atoms with Gasteiger partial charge in [-0.15, -0.1) is 0 Å². The minimum atomic E-state index is 1.02. The molecule has 0 radical (unpaired) electrons. The molecular weight excluding hydrogens is 204 g/mol. The number of hydrogen-bond acceptors (Lipinski definition) is 0. The van der Waals surface area contributed by atoms with E-state index in [1.165, 1.54) is 5.56 Å². The molecule has 0 spiro atoms. The molecule has 0 aromatic heterocycles. The Morgan fingerprint density at radius 1 is 1.12 bits per heavy atom. The van der Waals surface area contributed by atoms with Crippen molar-refractivity contribution in [3.8, 4) is 0 Å². The maximum absolute atomic E-state index is 3.97. The fraction of sp³-hybridized carbons (Fsp3) is 0.294. The highest BCUT2D eigenvalue weighted by molar-refractivity contribution is 5.72. The third-order valence-electron chi connectivity index (χ3n) is 1.82. The Morgan fingerprint density at radius 3 is 2.18 bits per heavy atom. The van der Waals surface area contributed by atoms with E-state index in [0.29, 0.717) is 0 Å². The lowest BCUT2D eigenvalue weighted by Gasteiger charge is -2.00. The van der Waals surface area contributed by atoms with Crippen molar-refractivity contribution in [1.82, 2.24) is 0 Å². The number of allylic oxidation sites excluding steroid dienone is 4. The fourth-order valence-corrected chi connectivity index (χ4v) is 1.13. The second-order valence-corrected chi connectivity index (χ2v) is 2.99. The number of benzene rings is 1. The summed E-state index contributed by atoms with van der Waals surface area (Å²) in [6.45, 7) is 17.7. The lowest BCUT2D eigenvalue weighted by atomic mass is 10.0. The molecule has 0 unspecified atom stereocenters. The Hall–Kier alpha value is -1.56. The van der Waals surface area contributed by atoms with Crippen LogP contribution in [-0.4, -0.2) is 0 Å². The maximum atomic E-state index is 3.97. The average molecular weight is 230 g/mol. The van der Waals surface area contributed by atoms with Gasteiger partial charge in [0, 0.05) is 0 Å². The summed E-state index contributed by atoms with van der Waals surface area (Å²) >= 11 is 0. The zero-order valence-electron chi connectivity index (χ0n) is 12.0. The standard InChI is InChI=1S/C13H14.2C2H6/c1-4-5-8-12(3)13-9-6-7-11(2)10-13;2*1-2/h4-10H,1,3H2,2H3;2*1-2H3/b8-5-;;. The van der Waals surface area contributed by atoms with Crippen LogP contribution in [0.15, 0.2) is 55.7 Å². The fourth-order valence-electron chi connectivity index (χ4n) is 1.13. The van der Waals surface area contributed by atoms with Gasteiger partial charge in [0.25, 0.3) is 0 Å². The Labute approximate surface area is 107 Å². The lowest BCUT2D eigenvalue weighted by Crippen LogP contribution is -1.79. The summed E-state index contributed by atoms with van der Waals surface area (Å²) in [4.78, 5) is 0. The Morgan fingerprint density at radius 2 is 1.71 bits per heavy atom. The monoisotopic (exact) mass is 230 g/mol. The summed E-state index contributed by atoms with van der Waals surface area (Å²) in [6.07, 6.45) is 5.60. The predicted octanol–water partition coefficient (Wildman–Crippen LogP) is 5.80. The van der Waals surface area contributed by atoms with E-state index in [4.69, 9.17) is 0 Å². The topological polar surface area (TPSA) is 0 Å². The number of rotatable bonds is 3. The summed E-state index contributed by atoms with van der Waals surface area (Å²) in [5, 5.41) is 0. The minimum absolute atomic E-state index is 1.02. The first-order valence-electron chi connectivity index (χ1n) is 6.29. The van der Waals surface area contributed by atoms with Crippen LogP contribution in [-0.2, 0) is 0 Å². The van der Waals surface area contributed by atoms with E-state index in [-0.39, 0.29) is 0 Å². The van der Waals surface area contributed by atoms with Gasteiger partial charge in [0.2, 0.25) is 0 Å². The van der Waals surface area contributed by atoms with Crippen LogP contribution in [0.25, 0.3) is 5.57 Å². The quantitative estimate of drug-likeness (QED) is 0.575. The molecule has 94 valence electrons. The molecule has 0 atom stereocenters. The second-order valence-electron chi connectivity index (χ2n) is 2.99. The van der Waals surface area contributed by atoms with Gasteiger partial charge in [-0.05, 0) is 18.1 Å². The van der Waals surface area contributed by atoms with Crippen molar-refractivity contribution in [3.05, 3.63) is 66.8 Å². The van der Waals surface area contributed by atoms with E-state index in [9.17, 15) is 0 Å². The van der Waals surface area contributed by atoms with Gasteiger partial charge in [-0.3, -0.25) is 0 Å². The van der Waals surface area contributed by atoms with Crippen LogP contribution < -0.4 is 0 Å². The molecule has 0 saturated heterocycles. The van der Waals surface area contributed by atoms with Gasteiger partial charge in [0.05, 0.1) is 0 Å². The normalized spacial score (nSPS) is 8.53. The number of aryl methyl sites for hydroxylation is 1. The lowest BCUT2D eigenvalue weighted by molar-refractivity contribution is 1.45. The van der Waals surface area contributed by atoms with Gasteiger partial charge in [-0.1, -0.05) is 88.9 Å². The molecular formula is C17H26. The SMILES string of the molecule is C=C/C=C\C(=C)c1cccc(C)c1.CC.CC. The Kier molecular flexibility index (Phi) is 13.1. The third kappa shape index (κ3) is 8.27. The molecule has 0 fully saturated rings. The highest BCUT2D eigenvalue weighted by Crippen LogP contribution is 2.14. The highest BCUT2D eigenvalue weighted by Gasteiger charge is 1.93. The van der Waals surface area contributed by atoms with E-state index in [2.05, 4.69) is 38.3 Å². The molecule has 0 heteroatoms. The van der Waals surface area contributed by atoms with Crippen LogP contribution in [0.1, 0.15) is 38.8 Å². The van der Waals surface area contributed by atoms with E-state index in [1.54, 1.807) is 6.08 Å². The first-order valence-corrected chi connectivity index (χ1v) is 6.29. The van der Waals surface area contributed by atoms with Crippen LogP contribution >= 0.6 is 0 Å². The van der Waals surface area contributed by atoms with Crippen LogP contribution in [0.3, 0.4) is 0 Å².